The van der Waals surface area contributed by atoms with E-state index in [0.29, 0.717) is 11.5 Å². The number of benzene rings is 1. The van der Waals surface area contributed by atoms with Gasteiger partial charge < -0.3 is 16.4 Å². The Morgan fingerprint density at radius 3 is 2.31 bits per heavy atom. The van der Waals surface area contributed by atoms with Crippen LogP contribution in [-0.2, 0) is 0 Å². The summed E-state index contributed by atoms with van der Waals surface area (Å²) in [5.41, 5.74) is 9.46. The molecule has 4 saturated carbocycles. The van der Waals surface area contributed by atoms with Gasteiger partial charge in [0.25, 0.3) is 0 Å². The van der Waals surface area contributed by atoms with Gasteiger partial charge in [-0.25, -0.2) is 9.97 Å². The van der Waals surface area contributed by atoms with Crippen LogP contribution in [0.25, 0.3) is 0 Å². The van der Waals surface area contributed by atoms with E-state index in [-0.39, 0.29) is 5.54 Å². The van der Waals surface area contributed by atoms with E-state index in [2.05, 4.69) is 39.7 Å². The lowest BCUT2D eigenvalue weighted by Crippen LogP contribution is -2.55. The van der Waals surface area contributed by atoms with Crippen LogP contribution in [0.4, 0.5) is 23.0 Å². The van der Waals surface area contributed by atoms with Crippen molar-refractivity contribution in [3.05, 3.63) is 36.2 Å². The third-order valence-corrected chi connectivity index (χ3v) is 6.59. The molecule has 0 unspecified atom stereocenters. The van der Waals surface area contributed by atoms with Gasteiger partial charge in [0.15, 0.2) is 11.6 Å². The minimum atomic E-state index is 0.192. The largest absolute Gasteiger partial charge is 0.393 e. The second kappa shape index (κ2) is 5.86. The minimum absolute atomic E-state index is 0.192. The van der Waals surface area contributed by atoms with Gasteiger partial charge in [0.05, 0.1) is 0 Å². The number of aromatic nitrogens is 2. The first-order valence-corrected chi connectivity index (χ1v) is 9.81. The van der Waals surface area contributed by atoms with Crippen LogP contribution in [0.2, 0.25) is 0 Å². The Morgan fingerprint density at radius 2 is 1.65 bits per heavy atom. The molecule has 5 nitrogen and oxygen atoms in total. The summed E-state index contributed by atoms with van der Waals surface area (Å²) in [6.07, 6.45) is 9.70. The lowest BCUT2D eigenvalue weighted by molar-refractivity contribution is 0.0106. The Morgan fingerprint density at radius 1 is 1.00 bits per heavy atom. The van der Waals surface area contributed by atoms with Crippen molar-refractivity contribution in [2.24, 2.45) is 17.8 Å². The average molecular weight is 349 g/mol. The number of nitrogens with one attached hydrogen (secondary N) is 2. The number of nitrogens with zero attached hydrogens (tertiary/aromatic N) is 2. The molecule has 2 aromatic rings. The summed E-state index contributed by atoms with van der Waals surface area (Å²) in [5.74, 6) is 4.14. The maximum atomic E-state index is 6.45. The Labute approximate surface area is 154 Å². The molecule has 6 rings (SSSR count). The van der Waals surface area contributed by atoms with Gasteiger partial charge in [-0.05, 0) is 80.9 Å². The SMILES string of the molecule is Cc1cccc(Nc2ncnc(NC34CC5CC(CC(C5)C3)C4)c2N)c1. The lowest BCUT2D eigenvalue weighted by atomic mass is 9.53. The minimum Gasteiger partial charge on any atom is -0.393 e. The van der Waals surface area contributed by atoms with Crippen LogP contribution in [0.1, 0.15) is 44.1 Å². The molecule has 4 fully saturated rings. The molecular weight excluding hydrogens is 322 g/mol. The summed E-state index contributed by atoms with van der Waals surface area (Å²) in [4.78, 5) is 8.86. The van der Waals surface area contributed by atoms with Crippen molar-refractivity contribution >= 4 is 23.0 Å². The summed E-state index contributed by atoms with van der Waals surface area (Å²) < 4.78 is 0. The molecule has 0 aliphatic heterocycles. The third kappa shape index (κ3) is 2.79. The molecule has 1 aromatic carbocycles. The van der Waals surface area contributed by atoms with Crippen LogP contribution in [0.3, 0.4) is 0 Å². The van der Waals surface area contributed by atoms with E-state index in [0.717, 1.165) is 29.3 Å². The summed E-state index contributed by atoms with van der Waals surface area (Å²) in [7, 11) is 0. The fourth-order valence-corrected chi connectivity index (χ4v) is 5.97. The summed E-state index contributed by atoms with van der Waals surface area (Å²) in [6, 6.07) is 8.23. The molecule has 0 spiro atoms. The van der Waals surface area contributed by atoms with E-state index in [9.17, 15) is 0 Å². The van der Waals surface area contributed by atoms with E-state index >= 15 is 0 Å². The van der Waals surface area contributed by atoms with E-state index in [1.54, 1.807) is 6.33 Å². The van der Waals surface area contributed by atoms with E-state index in [1.165, 1.54) is 44.1 Å². The Balaban J connectivity index is 1.40. The van der Waals surface area contributed by atoms with Crippen molar-refractivity contribution in [3.8, 4) is 0 Å². The van der Waals surface area contributed by atoms with Gasteiger partial charge >= 0.3 is 0 Å². The van der Waals surface area contributed by atoms with Crippen molar-refractivity contribution in [1.82, 2.24) is 9.97 Å². The number of hydrogen-bond acceptors (Lipinski definition) is 5. The second-order valence-corrected chi connectivity index (χ2v) is 8.80. The normalized spacial score (nSPS) is 31.8. The number of anilines is 4. The maximum Gasteiger partial charge on any atom is 0.159 e. The topological polar surface area (TPSA) is 75.9 Å². The molecule has 1 heterocycles. The Bertz CT molecular complexity index is 796. The predicted octanol–water partition coefficient (Wildman–Crippen LogP) is 4.49. The van der Waals surface area contributed by atoms with Crippen LogP contribution in [0, 0.1) is 24.7 Å². The number of nitrogens with two attached hydrogens (primary N) is 1. The molecule has 4 N–H and O–H groups in total. The predicted molar refractivity (Wildman–Crippen MR) is 105 cm³/mol. The highest BCUT2D eigenvalue weighted by Gasteiger charge is 2.51. The molecule has 0 saturated heterocycles. The first kappa shape index (κ1) is 15.9. The van der Waals surface area contributed by atoms with Crippen molar-refractivity contribution in [2.75, 3.05) is 16.4 Å². The molecule has 4 aliphatic carbocycles. The zero-order valence-electron chi connectivity index (χ0n) is 15.3. The molecule has 0 radical (unpaired) electrons. The summed E-state index contributed by atoms with van der Waals surface area (Å²) in [6.45, 7) is 2.08. The summed E-state index contributed by atoms with van der Waals surface area (Å²) >= 11 is 0. The highest BCUT2D eigenvalue weighted by Crippen LogP contribution is 2.56. The number of aryl methyl sites for hydroxylation is 1. The van der Waals surface area contributed by atoms with Crippen molar-refractivity contribution in [2.45, 2.75) is 51.0 Å². The number of nitrogen functional groups attached to an aromatic ring is 1. The molecule has 4 aliphatic rings. The van der Waals surface area contributed by atoms with E-state index in [4.69, 9.17) is 5.73 Å². The first-order valence-electron chi connectivity index (χ1n) is 9.81. The third-order valence-electron chi connectivity index (χ3n) is 6.59. The van der Waals surface area contributed by atoms with Crippen molar-refractivity contribution in [1.29, 1.82) is 0 Å². The van der Waals surface area contributed by atoms with Gasteiger partial charge in [-0.15, -0.1) is 0 Å². The maximum absolute atomic E-state index is 6.45. The van der Waals surface area contributed by atoms with Gasteiger partial charge in [-0.2, -0.15) is 0 Å². The first-order chi connectivity index (χ1) is 12.6. The van der Waals surface area contributed by atoms with E-state index < -0.39 is 0 Å². The van der Waals surface area contributed by atoms with Gasteiger partial charge in [0.2, 0.25) is 0 Å². The van der Waals surface area contributed by atoms with Crippen LogP contribution in [-0.4, -0.2) is 15.5 Å². The van der Waals surface area contributed by atoms with Crippen LogP contribution >= 0.6 is 0 Å². The smallest absolute Gasteiger partial charge is 0.159 e. The highest BCUT2D eigenvalue weighted by atomic mass is 15.1. The summed E-state index contributed by atoms with van der Waals surface area (Å²) in [5, 5.41) is 7.12. The Kier molecular flexibility index (Phi) is 3.59. The highest BCUT2D eigenvalue weighted by molar-refractivity contribution is 5.78. The van der Waals surface area contributed by atoms with Crippen LogP contribution in [0.5, 0.6) is 0 Å². The number of hydrogen-bond donors (Lipinski definition) is 3. The molecule has 26 heavy (non-hydrogen) atoms. The molecule has 5 heteroatoms. The quantitative estimate of drug-likeness (QED) is 0.758. The standard InChI is InChI=1S/C21H27N5/c1-13-3-2-4-17(5-13)25-19-18(22)20(24-12-23-19)26-21-9-14-6-15(10-21)8-16(7-14)11-21/h2-5,12,14-16H,6-11,22H2,1H3,(H2,23,24,25,26). The molecule has 1 aromatic heterocycles. The fourth-order valence-electron chi connectivity index (χ4n) is 5.97. The second-order valence-electron chi connectivity index (χ2n) is 8.80. The average Bonchev–Trinajstić information content (AvgIpc) is 2.57. The molecule has 0 amide bonds. The molecule has 4 bridgehead atoms. The van der Waals surface area contributed by atoms with Crippen molar-refractivity contribution < 1.29 is 0 Å². The van der Waals surface area contributed by atoms with Gasteiger partial charge in [-0.3, -0.25) is 0 Å². The zero-order valence-corrected chi connectivity index (χ0v) is 15.3. The van der Waals surface area contributed by atoms with Gasteiger partial charge in [0, 0.05) is 11.2 Å². The fraction of sp³-hybridized carbons (Fsp3) is 0.524. The van der Waals surface area contributed by atoms with Gasteiger partial charge in [0.1, 0.15) is 12.0 Å². The van der Waals surface area contributed by atoms with Gasteiger partial charge in [-0.1, -0.05) is 12.1 Å². The van der Waals surface area contributed by atoms with Crippen LogP contribution in [0.15, 0.2) is 30.6 Å². The van der Waals surface area contributed by atoms with Crippen molar-refractivity contribution in [3.63, 3.8) is 0 Å². The Hall–Kier alpha value is -2.30. The molecule has 136 valence electrons. The lowest BCUT2D eigenvalue weighted by Gasteiger charge is -2.57. The molecule has 0 atom stereocenters. The van der Waals surface area contributed by atoms with E-state index in [1.807, 2.05) is 12.1 Å². The van der Waals surface area contributed by atoms with Crippen LogP contribution < -0.4 is 16.4 Å². The monoisotopic (exact) mass is 349 g/mol. The zero-order chi connectivity index (χ0) is 17.7. The molecular formula is C21H27N5. The number of rotatable bonds is 4.